The van der Waals surface area contributed by atoms with Gasteiger partial charge in [0, 0.05) is 30.6 Å². The van der Waals surface area contributed by atoms with Crippen molar-refractivity contribution >= 4 is 33.4 Å². The van der Waals surface area contributed by atoms with Gasteiger partial charge in [0.15, 0.2) is 0 Å². The summed E-state index contributed by atoms with van der Waals surface area (Å²) in [6.45, 7) is 5.96. The summed E-state index contributed by atoms with van der Waals surface area (Å²) in [5, 5.41) is 0.548. The molecule has 2 N–H and O–H groups in total. The number of likely N-dealkylation sites (tertiary alicyclic amines) is 1. The quantitative estimate of drug-likeness (QED) is 0.642. The molecule has 7 nitrogen and oxygen atoms in total. The summed E-state index contributed by atoms with van der Waals surface area (Å²) in [5.41, 5.74) is 8.37. The molecule has 3 rings (SSSR count). The zero-order valence-corrected chi connectivity index (χ0v) is 20.7. The summed E-state index contributed by atoms with van der Waals surface area (Å²) in [5.74, 6) is -0.905. The van der Waals surface area contributed by atoms with Crippen LogP contribution in [0.4, 0.5) is 0 Å². The van der Waals surface area contributed by atoms with Crippen molar-refractivity contribution in [3.05, 3.63) is 63.7 Å². The van der Waals surface area contributed by atoms with Crippen LogP contribution in [-0.4, -0.2) is 49.1 Å². The number of nitrogens with zero attached hydrogens (tertiary/aromatic N) is 2. The molecule has 2 amide bonds. The van der Waals surface area contributed by atoms with Gasteiger partial charge < -0.3 is 10.6 Å². The van der Waals surface area contributed by atoms with E-state index in [-0.39, 0.29) is 35.7 Å². The van der Waals surface area contributed by atoms with E-state index in [1.165, 1.54) is 4.31 Å². The highest BCUT2D eigenvalue weighted by Crippen LogP contribution is 2.27. The van der Waals surface area contributed by atoms with E-state index in [1.54, 1.807) is 43.0 Å². The van der Waals surface area contributed by atoms with Crippen LogP contribution in [0.3, 0.4) is 0 Å². The van der Waals surface area contributed by atoms with E-state index < -0.39 is 10.0 Å². The Labute approximate surface area is 200 Å². The number of piperidine rings is 1. The molecule has 1 heterocycles. The molecular weight excluding hydrogens is 462 g/mol. The van der Waals surface area contributed by atoms with Crippen molar-refractivity contribution in [2.45, 2.75) is 45.1 Å². The van der Waals surface area contributed by atoms with Crippen LogP contribution in [0.1, 0.15) is 35.1 Å². The first-order chi connectivity index (χ1) is 15.5. The highest BCUT2D eigenvalue weighted by atomic mass is 35.5. The fraction of sp³-hybridized carbons (Fsp3) is 0.417. The molecule has 0 atom stereocenters. The molecule has 0 saturated carbocycles. The van der Waals surface area contributed by atoms with Gasteiger partial charge in [-0.05, 0) is 62.4 Å². The maximum absolute atomic E-state index is 13.8. The number of rotatable bonds is 7. The van der Waals surface area contributed by atoms with Crippen LogP contribution in [0, 0.1) is 26.7 Å². The molecule has 2 aromatic rings. The van der Waals surface area contributed by atoms with Gasteiger partial charge in [0.1, 0.15) is 0 Å². The average molecular weight is 492 g/mol. The summed E-state index contributed by atoms with van der Waals surface area (Å²) in [7, 11) is -3.97. The molecule has 0 radical (unpaired) electrons. The summed E-state index contributed by atoms with van der Waals surface area (Å²) < 4.78 is 28.8. The first-order valence-electron chi connectivity index (χ1n) is 10.9. The van der Waals surface area contributed by atoms with Crippen LogP contribution in [0.2, 0.25) is 5.02 Å². The Morgan fingerprint density at radius 1 is 1.06 bits per heavy atom. The van der Waals surface area contributed by atoms with Crippen LogP contribution < -0.4 is 5.73 Å². The molecule has 33 heavy (non-hydrogen) atoms. The van der Waals surface area contributed by atoms with E-state index in [0.717, 1.165) is 11.1 Å². The number of hydrogen-bond donors (Lipinski definition) is 1. The van der Waals surface area contributed by atoms with Crippen LogP contribution in [0.25, 0.3) is 0 Å². The van der Waals surface area contributed by atoms with Gasteiger partial charge in [-0.2, -0.15) is 4.31 Å². The minimum atomic E-state index is -3.97. The molecular formula is C24H30ClN3O4S. The molecule has 2 aromatic carbocycles. The van der Waals surface area contributed by atoms with Gasteiger partial charge in [-0.1, -0.05) is 41.4 Å². The van der Waals surface area contributed by atoms with Crippen molar-refractivity contribution in [2.24, 2.45) is 11.7 Å². The average Bonchev–Trinajstić information content (AvgIpc) is 2.73. The second kappa shape index (κ2) is 10.2. The van der Waals surface area contributed by atoms with E-state index >= 15 is 0 Å². The smallest absolute Gasteiger partial charge is 0.244 e. The number of hydrogen-bond acceptors (Lipinski definition) is 4. The first kappa shape index (κ1) is 25.2. The minimum absolute atomic E-state index is 0.0374. The van der Waals surface area contributed by atoms with Gasteiger partial charge in [0.05, 0.1) is 11.4 Å². The molecule has 0 aromatic heterocycles. The lowest BCUT2D eigenvalue weighted by atomic mass is 9.96. The van der Waals surface area contributed by atoms with E-state index in [2.05, 4.69) is 0 Å². The maximum atomic E-state index is 13.8. The normalized spacial score (nSPS) is 15.1. The van der Waals surface area contributed by atoms with Crippen LogP contribution >= 0.6 is 11.6 Å². The SMILES string of the molecule is Cc1cc(C)c(S(=O)(=O)N(CC(=O)N2CCC(C(N)=O)CC2)Cc2ccc(Cl)cc2)c(C)c1. The Hall–Kier alpha value is -2.42. The highest BCUT2D eigenvalue weighted by molar-refractivity contribution is 7.89. The zero-order valence-electron chi connectivity index (χ0n) is 19.2. The molecule has 0 spiro atoms. The van der Waals surface area contributed by atoms with Gasteiger partial charge in [-0.15, -0.1) is 0 Å². The lowest BCUT2D eigenvalue weighted by molar-refractivity contribution is -0.135. The second-order valence-corrected chi connectivity index (χ2v) is 11.0. The lowest BCUT2D eigenvalue weighted by Gasteiger charge is -2.32. The zero-order chi connectivity index (χ0) is 24.3. The third-order valence-electron chi connectivity index (χ3n) is 6.04. The standard InChI is InChI=1S/C24H30ClN3O4S/c1-16-12-17(2)23(18(3)13-16)33(31,32)28(14-19-4-6-21(25)7-5-19)15-22(29)27-10-8-20(9-11-27)24(26)30/h4-7,12-13,20H,8-11,14-15H2,1-3H3,(H2,26,30). The fourth-order valence-corrected chi connectivity index (χ4v) is 6.30. The predicted octanol–water partition coefficient (Wildman–Crippen LogP) is 3.18. The molecule has 1 aliphatic heterocycles. The molecule has 178 valence electrons. The number of benzene rings is 2. The third kappa shape index (κ3) is 5.93. The Balaban J connectivity index is 1.90. The Morgan fingerprint density at radius 2 is 1.61 bits per heavy atom. The van der Waals surface area contributed by atoms with E-state index in [0.29, 0.717) is 42.1 Å². The summed E-state index contributed by atoms with van der Waals surface area (Å²) in [6.07, 6.45) is 0.975. The number of carbonyl (C=O) groups excluding carboxylic acids is 2. The van der Waals surface area contributed by atoms with E-state index in [1.807, 2.05) is 19.1 Å². The maximum Gasteiger partial charge on any atom is 0.244 e. The Bertz CT molecular complexity index is 1120. The third-order valence-corrected chi connectivity index (χ3v) is 8.39. The predicted molar refractivity (Wildman–Crippen MR) is 128 cm³/mol. The molecule has 1 saturated heterocycles. The fourth-order valence-electron chi connectivity index (χ4n) is 4.39. The van der Waals surface area contributed by atoms with Gasteiger partial charge >= 0.3 is 0 Å². The minimum Gasteiger partial charge on any atom is -0.369 e. The van der Waals surface area contributed by atoms with Crippen molar-refractivity contribution in [1.29, 1.82) is 0 Å². The van der Waals surface area contributed by atoms with Crippen LogP contribution in [0.15, 0.2) is 41.3 Å². The van der Waals surface area contributed by atoms with Gasteiger partial charge in [-0.3, -0.25) is 9.59 Å². The largest absolute Gasteiger partial charge is 0.369 e. The molecule has 0 bridgehead atoms. The first-order valence-corrected chi connectivity index (χ1v) is 12.7. The Kier molecular flexibility index (Phi) is 7.82. The van der Waals surface area contributed by atoms with Crippen molar-refractivity contribution in [3.8, 4) is 0 Å². The second-order valence-electron chi connectivity index (χ2n) is 8.68. The topological polar surface area (TPSA) is 101 Å². The highest BCUT2D eigenvalue weighted by Gasteiger charge is 2.33. The summed E-state index contributed by atoms with van der Waals surface area (Å²) >= 11 is 5.98. The van der Waals surface area contributed by atoms with Crippen molar-refractivity contribution in [2.75, 3.05) is 19.6 Å². The summed E-state index contributed by atoms with van der Waals surface area (Å²) in [6, 6.07) is 10.6. The van der Waals surface area contributed by atoms with Gasteiger partial charge in [0.2, 0.25) is 21.8 Å². The number of amides is 2. The van der Waals surface area contributed by atoms with Crippen molar-refractivity contribution in [1.82, 2.24) is 9.21 Å². The van der Waals surface area contributed by atoms with Crippen molar-refractivity contribution in [3.63, 3.8) is 0 Å². The van der Waals surface area contributed by atoms with E-state index in [4.69, 9.17) is 17.3 Å². The number of primary amides is 1. The van der Waals surface area contributed by atoms with E-state index in [9.17, 15) is 18.0 Å². The van der Waals surface area contributed by atoms with Gasteiger partial charge in [0.25, 0.3) is 0 Å². The molecule has 9 heteroatoms. The number of sulfonamides is 1. The monoisotopic (exact) mass is 491 g/mol. The van der Waals surface area contributed by atoms with Crippen LogP contribution in [-0.2, 0) is 26.2 Å². The van der Waals surface area contributed by atoms with Crippen molar-refractivity contribution < 1.29 is 18.0 Å². The van der Waals surface area contributed by atoms with Gasteiger partial charge in [-0.25, -0.2) is 8.42 Å². The number of nitrogens with two attached hydrogens (primary N) is 1. The molecule has 0 aliphatic carbocycles. The molecule has 1 fully saturated rings. The number of halogens is 1. The molecule has 0 unspecified atom stereocenters. The number of carbonyl (C=O) groups is 2. The molecule has 1 aliphatic rings. The van der Waals surface area contributed by atoms with Crippen LogP contribution in [0.5, 0.6) is 0 Å². The Morgan fingerprint density at radius 3 is 2.12 bits per heavy atom. The summed E-state index contributed by atoms with van der Waals surface area (Å²) in [4.78, 5) is 26.4. The number of aryl methyl sites for hydroxylation is 3. The lowest BCUT2D eigenvalue weighted by Crippen LogP contribution is -2.47.